The number of hydrogen-bond donors (Lipinski definition) is 1. The molecule has 0 atom stereocenters. The number of benzene rings is 1. The van der Waals surface area contributed by atoms with E-state index in [-0.39, 0.29) is 6.61 Å². The Morgan fingerprint density at radius 2 is 1.89 bits per heavy atom. The third-order valence-electron chi connectivity index (χ3n) is 3.48. The molecule has 0 aliphatic carbocycles. The standard InChI is InChI=1S/C15H17N3O/c19-11-12-9-16-15(17-10-12)18-8-4-3-6-13-5-1-2-7-14(13)18/h1-2,5,7,9-10,19H,3-4,6,8,11H2. The molecule has 3 rings (SSSR count). The molecule has 98 valence electrons. The van der Waals surface area contributed by atoms with Crippen LogP contribution >= 0.6 is 0 Å². The number of nitrogens with zero attached hydrogens (tertiary/aromatic N) is 3. The maximum Gasteiger partial charge on any atom is 0.229 e. The molecule has 0 fully saturated rings. The van der Waals surface area contributed by atoms with Crippen molar-refractivity contribution in [1.82, 2.24) is 9.97 Å². The van der Waals surface area contributed by atoms with Crippen LogP contribution in [0.1, 0.15) is 24.0 Å². The first-order chi connectivity index (χ1) is 9.38. The topological polar surface area (TPSA) is 49.3 Å². The van der Waals surface area contributed by atoms with E-state index in [1.165, 1.54) is 17.7 Å². The lowest BCUT2D eigenvalue weighted by Gasteiger charge is -2.22. The van der Waals surface area contributed by atoms with E-state index in [9.17, 15) is 0 Å². The highest BCUT2D eigenvalue weighted by Gasteiger charge is 2.18. The Bertz CT molecular complexity index is 554. The minimum Gasteiger partial charge on any atom is -0.392 e. The van der Waals surface area contributed by atoms with Gasteiger partial charge in [0.25, 0.3) is 0 Å². The van der Waals surface area contributed by atoms with Gasteiger partial charge in [-0.1, -0.05) is 18.2 Å². The molecule has 0 spiro atoms. The Labute approximate surface area is 112 Å². The Kier molecular flexibility index (Phi) is 3.42. The first kappa shape index (κ1) is 12.1. The van der Waals surface area contributed by atoms with Gasteiger partial charge in [0.05, 0.1) is 6.61 Å². The molecule has 2 heterocycles. The zero-order valence-corrected chi connectivity index (χ0v) is 10.8. The van der Waals surface area contributed by atoms with E-state index in [1.807, 2.05) is 0 Å². The molecule has 1 N–H and O–H groups in total. The Morgan fingerprint density at radius 3 is 2.68 bits per heavy atom. The van der Waals surface area contributed by atoms with Gasteiger partial charge in [0, 0.05) is 30.2 Å². The van der Waals surface area contributed by atoms with Gasteiger partial charge < -0.3 is 10.0 Å². The smallest absolute Gasteiger partial charge is 0.229 e. The van der Waals surface area contributed by atoms with Gasteiger partial charge in [-0.05, 0) is 30.9 Å². The van der Waals surface area contributed by atoms with Crippen molar-refractivity contribution in [1.29, 1.82) is 0 Å². The highest BCUT2D eigenvalue weighted by molar-refractivity contribution is 5.62. The second kappa shape index (κ2) is 5.36. The molecule has 1 aliphatic rings. The van der Waals surface area contributed by atoms with Crippen molar-refractivity contribution in [2.24, 2.45) is 0 Å². The number of aryl methyl sites for hydroxylation is 1. The molecule has 0 amide bonds. The number of anilines is 2. The van der Waals surface area contributed by atoms with Gasteiger partial charge in [-0.15, -0.1) is 0 Å². The first-order valence-corrected chi connectivity index (χ1v) is 6.66. The second-order valence-electron chi connectivity index (χ2n) is 4.79. The van der Waals surface area contributed by atoms with Crippen molar-refractivity contribution in [3.05, 3.63) is 47.8 Å². The predicted molar refractivity (Wildman–Crippen MR) is 74.3 cm³/mol. The monoisotopic (exact) mass is 255 g/mol. The average molecular weight is 255 g/mol. The Morgan fingerprint density at radius 1 is 1.11 bits per heavy atom. The van der Waals surface area contributed by atoms with Gasteiger partial charge in [0.15, 0.2) is 0 Å². The number of hydrogen-bond acceptors (Lipinski definition) is 4. The van der Waals surface area contributed by atoms with Crippen molar-refractivity contribution in [3.63, 3.8) is 0 Å². The van der Waals surface area contributed by atoms with Crippen molar-refractivity contribution in [2.45, 2.75) is 25.9 Å². The average Bonchev–Trinajstić information content (AvgIpc) is 2.70. The first-order valence-electron chi connectivity index (χ1n) is 6.66. The summed E-state index contributed by atoms with van der Waals surface area (Å²) in [6.07, 6.45) is 6.83. The minimum absolute atomic E-state index is 0.0170. The third kappa shape index (κ3) is 2.44. The van der Waals surface area contributed by atoms with E-state index < -0.39 is 0 Å². The van der Waals surface area contributed by atoms with Gasteiger partial charge in [-0.25, -0.2) is 9.97 Å². The van der Waals surface area contributed by atoms with Crippen LogP contribution < -0.4 is 4.90 Å². The number of para-hydroxylation sites is 1. The fourth-order valence-electron chi connectivity index (χ4n) is 2.47. The minimum atomic E-state index is -0.0170. The summed E-state index contributed by atoms with van der Waals surface area (Å²) >= 11 is 0. The lowest BCUT2D eigenvalue weighted by molar-refractivity contribution is 0.281. The van der Waals surface area contributed by atoms with Crippen LogP contribution in [-0.4, -0.2) is 21.6 Å². The van der Waals surface area contributed by atoms with Gasteiger partial charge in [-0.3, -0.25) is 0 Å². The van der Waals surface area contributed by atoms with E-state index in [0.29, 0.717) is 5.95 Å². The normalized spacial score (nSPS) is 14.9. The molecule has 1 aromatic heterocycles. The van der Waals surface area contributed by atoms with E-state index in [4.69, 9.17) is 5.11 Å². The highest BCUT2D eigenvalue weighted by atomic mass is 16.3. The molecule has 4 nitrogen and oxygen atoms in total. The summed E-state index contributed by atoms with van der Waals surface area (Å²) in [4.78, 5) is 10.9. The van der Waals surface area contributed by atoms with E-state index in [2.05, 4.69) is 39.1 Å². The molecule has 0 saturated heterocycles. The van der Waals surface area contributed by atoms with Crippen molar-refractivity contribution in [2.75, 3.05) is 11.4 Å². The molecule has 0 bridgehead atoms. The van der Waals surface area contributed by atoms with Crippen LogP contribution in [0.4, 0.5) is 11.6 Å². The van der Waals surface area contributed by atoms with E-state index in [0.717, 1.165) is 24.9 Å². The SMILES string of the molecule is OCc1cnc(N2CCCCc3ccccc32)nc1. The maximum absolute atomic E-state index is 9.05. The fourth-order valence-corrected chi connectivity index (χ4v) is 2.47. The maximum atomic E-state index is 9.05. The highest BCUT2D eigenvalue weighted by Crippen LogP contribution is 2.30. The Balaban J connectivity index is 1.99. The fraction of sp³-hybridized carbons (Fsp3) is 0.333. The number of aromatic nitrogens is 2. The van der Waals surface area contributed by atoms with Crippen molar-refractivity contribution in [3.8, 4) is 0 Å². The van der Waals surface area contributed by atoms with Gasteiger partial charge in [0.1, 0.15) is 0 Å². The van der Waals surface area contributed by atoms with Gasteiger partial charge >= 0.3 is 0 Å². The molecule has 0 saturated carbocycles. The summed E-state index contributed by atoms with van der Waals surface area (Å²) in [5.41, 5.74) is 3.30. The molecule has 1 aliphatic heterocycles. The van der Waals surface area contributed by atoms with Gasteiger partial charge in [0.2, 0.25) is 5.95 Å². The molecular formula is C15H17N3O. The molecule has 0 unspecified atom stereocenters. The van der Waals surface area contributed by atoms with Crippen LogP contribution in [-0.2, 0) is 13.0 Å². The van der Waals surface area contributed by atoms with Crippen LogP contribution in [0.25, 0.3) is 0 Å². The van der Waals surface area contributed by atoms with Crippen molar-refractivity contribution >= 4 is 11.6 Å². The van der Waals surface area contributed by atoms with Crippen LogP contribution in [0.2, 0.25) is 0 Å². The summed E-state index contributed by atoms with van der Waals surface area (Å²) in [5, 5.41) is 9.05. The second-order valence-corrected chi connectivity index (χ2v) is 4.79. The predicted octanol–water partition coefficient (Wildman–Crippen LogP) is 2.44. The quantitative estimate of drug-likeness (QED) is 0.895. The number of rotatable bonds is 2. The molecular weight excluding hydrogens is 238 g/mol. The lowest BCUT2D eigenvalue weighted by atomic mass is 10.1. The molecule has 0 radical (unpaired) electrons. The number of aliphatic hydroxyl groups excluding tert-OH is 1. The van der Waals surface area contributed by atoms with Crippen LogP contribution in [0.5, 0.6) is 0 Å². The zero-order chi connectivity index (χ0) is 13.1. The summed E-state index contributed by atoms with van der Waals surface area (Å²) in [5.74, 6) is 0.714. The van der Waals surface area contributed by atoms with Crippen molar-refractivity contribution < 1.29 is 5.11 Å². The summed E-state index contributed by atoms with van der Waals surface area (Å²) < 4.78 is 0. The van der Waals surface area contributed by atoms with Crippen LogP contribution in [0.3, 0.4) is 0 Å². The van der Waals surface area contributed by atoms with Crippen LogP contribution in [0, 0.1) is 0 Å². The molecule has 4 heteroatoms. The van der Waals surface area contributed by atoms with Crippen LogP contribution in [0.15, 0.2) is 36.7 Å². The van der Waals surface area contributed by atoms with E-state index >= 15 is 0 Å². The molecule has 19 heavy (non-hydrogen) atoms. The summed E-state index contributed by atoms with van der Waals surface area (Å²) in [6, 6.07) is 8.44. The summed E-state index contributed by atoms with van der Waals surface area (Å²) in [7, 11) is 0. The largest absolute Gasteiger partial charge is 0.392 e. The number of fused-ring (bicyclic) bond motifs is 1. The molecule has 2 aromatic rings. The van der Waals surface area contributed by atoms with E-state index in [1.54, 1.807) is 12.4 Å². The third-order valence-corrected chi connectivity index (χ3v) is 3.48. The van der Waals surface area contributed by atoms with Gasteiger partial charge in [-0.2, -0.15) is 0 Å². The summed E-state index contributed by atoms with van der Waals surface area (Å²) in [6.45, 7) is 0.923. The zero-order valence-electron chi connectivity index (χ0n) is 10.8. The lowest BCUT2D eigenvalue weighted by Crippen LogP contribution is -2.20. The molecule has 1 aromatic carbocycles. The Hall–Kier alpha value is -1.94. The number of aliphatic hydroxyl groups is 1.